The van der Waals surface area contributed by atoms with Gasteiger partial charge in [0.05, 0.1) is 11.1 Å². The summed E-state index contributed by atoms with van der Waals surface area (Å²) in [6.45, 7) is 0. The maximum atomic E-state index is 5.95. The first-order chi connectivity index (χ1) is 10.3. The summed E-state index contributed by atoms with van der Waals surface area (Å²) >= 11 is 3.11. The minimum Gasteiger partial charge on any atom is -0.383 e. The summed E-state index contributed by atoms with van der Waals surface area (Å²) in [4.78, 5) is 9.79. The summed E-state index contributed by atoms with van der Waals surface area (Å²) in [7, 11) is 0. The quantitative estimate of drug-likeness (QED) is 0.585. The van der Waals surface area contributed by atoms with E-state index in [0.29, 0.717) is 17.4 Å². The van der Waals surface area contributed by atoms with Crippen LogP contribution in [-0.2, 0) is 5.75 Å². The Balaban J connectivity index is 1.63. The third-order valence-corrected chi connectivity index (χ3v) is 4.76. The molecule has 0 aliphatic rings. The fourth-order valence-electron chi connectivity index (χ4n) is 2.04. The molecule has 0 bridgehead atoms. The van der Waals surface area contributed by atoms with Gasteiger partial charge in [0.1, 0.15) is 16.5 Å². The lowest BCUT2D eigenvalue weighted by atomic mass is 10.4. The molecular weight excluding hydrogens is 304 g/mol. The van der Waals surface area contributed by atoms with Crippen LogP contribution in [0.4, 0.5) is 5.82 Å². The largest absolute Gasteiger partial charge is 0.383 e. The molecule has 0 unspecified atom stereocenters. The molecule has 6 nitrogen and oxygen atoms in total. The van der Waals surface area contributed by atoms with E-state index in [1.807, 2.05) is 40.2 Å². The maximum absolute atomic E-state index is 5.95. The molecule has 0 aromatic carbocycles. The van der Waals surface area contributed by atoms with Crippen LogP contribution in [0.5, 0.6) is 0 Å². The van der Waals surface area contributed by atoms with Crippen molar-refractivity contribution in [3.8, 4) is 0 Å². The zero-order valence-electron chi connectivity index (χ0n) is 10.8. The molecule has 4 rings (SSSR count). The van der Waals surface area contributed by atoms with Crippen LogP contribution >= 0.6 is 23.1 Å². The number of hydrogen-bond acceptors (Lipinski definition) is 7. The highest BCUT2D eigenvalue weighted by atomic mass is 32.2. The lowest BCUT2D eigenvalue weighted by Crippen LogP contribution is -1.98. The molecule has 104 valence electrons. The molecule has 0 fully saturated rings. The number of thioether (sulfide) groups is 1. The Morgan fingerprint density at radius 2 is 2.14 bits per heavy atom. The van der Waals surface area contributed by atoms with E-state index < -0.39 is 0 Å². The number of hydrogen-bond donors (Lipinski definition) is 1. The highest BCUT2D eigenvalue weighted by Gasteiger charge is 2.09. The Morgan fingerprint density at radius 1 is 1.19 bits per heavy atom. The molecule has 4 aromatic rings. The van der Waals surface area contributed by atoms with Crippen LogP contribution in [0.3, 0.4) is 0 Å². The molecule has 8 heteroatoms. The van der Waals surface area contributed by atoms with Gasteiger partial charge in [0, 0.05) is 6.20 Å². The minimum atomic E-state index is 0.531. The molecule has 0 radical (unpaired) electrons. The van der Waals surface area contributed by atoms with Gasteiger partial charge in [-0.1, -0.05) is 17.8 Å². The van der Waals surface area contributed by atoms with Crippen molar-refractivity contribution >= 4 is 44.8 Å². The molecule has 0 saturated carbocycles. The second-order valence-corrected chi connectivity index (χ2v) is 6.20. The summed E-state index contributed by atoms with van der Waals surface area (Å²) in [6, 6.07) is 7.75. The van der Waals surface area contributed by atoms with E-state index in [0.717, 1.165) is 21.0 Å². The summed E-state index contributed by atoms with van der Waals surface area (Å²) in [5.41, 5.74) is 6.78. The van der Waals surface area contributed by atoms with Crippen LogP contribution in [-0.4, -0.2) is 24.6 Å². The van der Waals surface area contributed by atoms with Crippen LogP contribution in [0, 0.1) is 0 Å². The Bertz CT molecular complexity index is 929. The Labute approximate surface area is 128 Å². The minimum absolute atomic E-state index is 0.531. The fraction of sp³-hybridized carbons (Fsp3) is 0.0769. The molecular formula is C13H10N6S2. The number of fused-ring (bicyclic) bond motifs is 2. The van der Waals surface area contributed by atoms with Crippen molar-refractivity contribution in [3.05, 3.63) is 41.7 Å². The van der Waals surface area contributed by atoms with Crippen LogP contribution in [0.1, 0.15) is 5.82 Å². The number of thiophene rings is 1. The summed E-state index contributed by atoms with van der Waals surface area (Å²) in [6.07, 6.45) is 1.94. The number of aromatic nitrogens is 5. The molecule has 2 N–H and O–H groups in total. The Morgan fingerprint density at radius 3 is 3.10 bits per heavy atom. The number of nitrogens with two attached hydrogens (primary N) is 1. The van der Waals surface area contributed by atoms with Gasteiger partial charge in [-0.2, -0.15) is 0 Å². The molecule has 0 amide bonds. The van der Waals surface area contributed by atoms with Crippen LogP contribution in [0.25, 0.3) is 15.9 Å². The topological polar surface area (TPSA) is 82.0 Å². The van der Waals surface area contributed by atoms with E-state index in [1.165, 1.54) is 0 Å². The van der Waals surface area contributed by atoms with Crippen molar-refractivity contribution < 1.29 is 0 Å². The summed E-state index contributed by atoms with van der Waals surface area (Å²) in [5, 5.41) is 12.0. The van der Waals surface area contributed by atoms with Crippen molar-refractivity contribution in [2.75, 3.05) is 5.73 Å². The van der Waals surface area contributed by atoms with Crippen LogP contribution in [0.2, 0.25) is 0 Å². The SMILES string of the molecule is Nc1nc(CSc2nnc3ccccn23)nc2sccc12. The average molecular weight is 314 g/mol. The number of nitrogen functional groups attached to an aromatic ring is 1. The van der Waals surface area contributed by atoms with E-state index in [9.17, 15) is 0 Å². The first-order valence-corrected chi connectivity index (χ1v) is 8.10. The van der Waals surface area contributed by atoms with E-state index in [4.69, 9.17) is 5.73 Å². The lowest BCUT2D eigenvalue weighted by Gasteiger charge is -2.02. The van der Waals surface area contributed by atoms with Crippen LogP contribution in [0.15, 0.2) is 41.0 Å². The van der Waals surface area contributed by atoms with Gasteiger partial charge < -0.3 is 5.73 Å². The highest BCUT2D eigenvalue weighted by molar-refractivity contribution is 7.98. The zero-order valence-corrected chi connectivity index (χ0v) is 12.4. The van der Waals surface area contributed by atoms with Crippen molar-refractivity contribution in [3.63, 3.8) is 0 Å². The molecule has 0 spiro atoms. The monoisotopic (exact) mass is 314 g/mol. The molecule has 0 aliphatic carbocycles. The van der Waals surface area contributed by atoms with Gasteiger partial charge in [-0.05, 0) is 23.6 Å². The first-order valence-electron chi connectivity index (χ1n) is 6.23. The first kappa shape index (κ1) is 12.5. The van der Waals surface area contributed by atoms with E-state index in [1.54, 1.807) is 23.1 Å². The fourth-order valence-corrected chi connectivity index (χ4v) is 3.61. The lowest BCUT2D eigenvalue weighted by molar-refractivity contribution is 0.918. The number of pyridine rings is 1. The second kappa shape index (κ2) is 4.97. The van der Waals surface area contributed by atoms with Crippen molar-refractivity contribution in [1.82, 2.24) is 24.6 Å². The Kier molecular flexibility index (Phi) is 2.97. The standard InChI is InChI=1S/C13H10N6S2/c14-11-8-4-6-20-12(8)16-9(15-11)7-21-13-18-17-10-3-1-2-5-19(10)13/h1-6H,7H2,(H2,14,15,16). The zero-order chi connectivity index (χ0) is 14.2. The van der Waals surface area contributed by atoms with Gasteiger partial charge in [0.25, 0.3) is 0 Å². The number of rotatable bonds is 3. The van der Waals surface area contributed by atoms with Crippen LogP contribution < -0.4 is 5.73 Å². The smallest absolute Gasteiger partial charge is 0.196 e. The van der Waals surface area contributed by atoms with Crippen molar-refractivity contribution in [1.29, 1.82) is 0 Å². The highest BCUT2D eigenvalue weighted by Crippen LogP contribution is 2.25. The predicted octanol–water partition coefficient (Wildman–Crippen LogP) is 2.61. The Hall–Kier alpha value is -2.19. The molecule has 4 heterocycles. The number of anilines is 1. The third kappa shape index (κ3) is 2.22. The molecule has 0 saturated heterocycles. The third-order valence-electron chi connectivity index (χ3n) is 3.01. The second-order valence-electron chi connectivity index (χ2n) is 4.36. The molecule has 21 heavy (non-hydrogen) atoms. The van der Waals surface area contributed by atoms with E-state index in [2.05, 4.69) is 20.2 Å². The van der Waals surface area contributed by atoms with Gasteiger partial charge in [0.15, 0.2) is 10.8 Å². The van der Waals surface area contributed by atoms with Crippen molar-refractivity contribution in [2.24, 2.45) is 0 Å². The van der Waals surface area contributed by atoms with Gasteiger partial charge in [-0.3, -0.25) is 4.40 Å². The van der Waals surface area contributed by atoms with Gasteiger partial charge in [-0.15, -0.1) is 21.5 Å². The van der Waals surface area contributed by atoms with Gasteiger partial charge in [0.2, 0.25) is 0 Å². The van der Waals surface area contributed by atoms with Gasteiger partial charge in [-0.25, -0.2) is 9.97 Å². The average Bonchev–Trinajstić information content (AvgIpc) is 3.12. The maximum Gasteiger partial charge on any atom is 0.196 e. The molecule has 0 atom stereocenters. The summed E-state index contributed by atoms with van der Waals surface area (Å²) in [5.74, 6) is 1.84. The molecule has 0 aliphatic heterocycles. The number of nitrogens with zero attached hydrogens (tertiary/aromatic N) is 5. The summed E-state index contributed by atoms with van der Waals surface area (Å²) < 4.78 is 1.94. The van der Waals surface area contributed by atoms with Crippen molar-refractivity contribution in [2.45, 2.75) is 10.9 Å². The van der Waals surface area contributed by atoms with E-state index >= 15 is 0 Å². The van der Waals surface area contributed by atoms with Gasteiger partial charge >= 0.3 is 0 Å². The molecule has 4 aromatic heterocycles. The normalized spacial score (nSPS) is 11.4. The predicted molar refractivity (Wildman–Crippen MR) is 84.4 cm³/mol. The van der Waals surface area contributed by atoms with E-state index in [-0.39, 0.29) is 0 Å².